The molecule has 7 heteroatoms. The van der Waals surface area contributed by atoms with Gasteiger partial charge in [-0.25, -0.2) is 4.68 Å². The molecule has 0 saturated carbocycles. The summed E-state index contributed by atoms with van der Waals surface area (Å²) in [7, 11) is 0. The fourth-order valence-corrected chi connectivity index (χ4v) is 4.91. The molecule has 1 aromatic heterocycles. The van der Waals surface area contributed by atoms with Crippen molar-refractivity contribution in [1.29, 1.82) is 0 Å². The Bertz CT molecular complexity index is 1110. The van der Waals surface area contributed by atoms with Crippen LogP contribution in [-0.2, 0) is 11.2 Å². The summed E-state index contributed by atoms with van der Waals surface area (Å²) in [5.74, 6) is 0.906. The third-order valence-electron chi connectivity index (χ3n) is 5.34. The smallest absolute Gasteiger partial charge is 0.233 e. The predicted octanol–water partition coefficient (Wildman–Crippen LogP) is 5.60. The SMILES string of the molecule is Cc1nn(-c2ccccc2)c(C)c1CCC(=O)N(C1=NC(C)CS1)c1ccc(Cl)cc1. The number of anilines is 1. The summed E-state index contributed by atoms with van der Waals surface area (Å²) in [6.45, 7) is 6.12. The molecular formula is C24H25ClN4OS. The molecule has 5 nitrogen and oxygen atoms in total. The molecule has 1 amide bonds. The highest BCUT2D eigenvalue weighted by molar-refractivity contribution is 8.14. The molecule has 160 valence electrons. The van der Waals surface area contributed by atoms with Gasteiger partial charge in [0.05, 0.1) is 23.1 Å². The maximum Gasteiger partial charge on any atom is 0.233 e. The molecule has 2 aromatic carbocycles. The summed E-state index contributed by atoms with van der Waals surface area (Å²) < 4.78 is 1.95. The van der Waals surface area contributed by atoms with E-state index in [1.165, 1.54) is 0 Å². The molecule has 3 aromatic rings. The van der Waals surface area contributed by atoms with Crippen LogP contribution in [0.1, 0.15) is 30.3 Å². The van der Waals surface area contributed by atoms with Gasteiger partial charge in [-0.15, -0.1) is 0 Å². The van der Waals surface area contributed by atoms with Crippen LogP contribution in [0.2, 0.25) is 5.02 Å². The minimum Gasteiger partial charge on any atom is -0.274 e. The van der Waals surface area contributed by atoms with Gasteiger partial charge in [-0.2, -0.15) is 5.10 Å². The number of rotatable bonds is 5. The number of hydrogen-bond acceptors (Lipinski definition) is 4. The van der Waals surface area contributed by atoms with Gasteiger partial charge >= 0.3 is 0 Å². The molecule has 0 bridgehead atoms. The van der Waals surface area contributed by atoms with E-state index in [-0.39, 0.29) is 11.9 Å². The van der Waals surface area contributed by atoms with Gasteiger partial charge in [0.15, 0.2) is 5.17 Å². The first-order chi connectivity index (χ1) is 14.9. The van der Waals surface area contributed by atoms with E-state index in [1.807, 2.05) is 54.1 Å². The van der Waals surface area contributed by atoms with E-state index in [4.69, 9.17) is 16.7 Å². The number of carbonyl (C=O) groups is 1. The van der Waals surface area contributed by atoms with E-state index in [9.17, 15) is 4.79 Å². The number of aromatic nitrogens is 2. The molecular weight excluding hydrogens is 428 g/mol. The average Bonchev–Trinajstić information content (AvgIpc) is 3.31. The number of carbonyl (C=O) groups excluding carboxylic acids is 1. The van der Waals surface area contributed by atoms with Crippen LogP contribution in [0.15, 0.2) is 59.6 Å². The van der Waals surface area contributed by atoms with Crippen LogP contribution >= 0.6 is 23.4 Å². The van der Waals surface area contributed by atoms with Crippen LogP contribution in [0.5, 0.6) is 0 Å². The normalized spacial score (nSPS) is 15.7. The maximum absolute atomic E-state index is 13.4. The number of amidine groups is 1. The van der Waals surface area contributed by atoms with Crippen molar-refractivity contribution in [2.24, 2.45) is 4.99 Å². The number of aliphatic imine (C=N–C) groups is 1. The lowest BCUT2D eigenvalue weighted by atomic mass is 10.1. The second-order valence-electron chi connectivity index (χ2n) is 7.67. The molecule has 4 rings (SSSR count). The zero-order chi connectivity index (χ0) is 22.0. The molecule has 1 aliphatic heterocycles. The predicted molar refractivity (Wildman–Crippen MR) is 130 cm³/mol. The molecule has 1 unspecified atom stereocenters. The number of thioether (sulfide) groups is 1. The Labute approximate surface area is 192 Å². The first-order valence-electron chi connectivity index (χ1n) is 10.3. The highest BCUT2D eigenvalue weighted by atomic mass is 35.5. The summed E-state index contributed by atoms with van der Waals surface area (Å²) in [5, 5.41) is 6.11. The minimum atomic E-state index is 0.0222. The fourth-order valence-electron chi connectivity index (χ4n) is 3.73. The first kappa shape index (κ1) is 21.7. The molecule has 0 spiro atoms. The Balaban J connectivity index is 1.57. The van der Waals surface area contributed by atoms with Crippen molar-refractivity contribution in [1.82, 2.24) is 9.78 Å². The van der Waals surface area contributed by atoms with Crippen LogP contribution in [0.3, 0.4) is 0 Å². The van der Waals surface area contributed by atoms with E-state index in [0.29, 0.717) is 17.9 Å². The van der Waals surface area contributed by atoms with Crippen LogP contribution in [0.4, 0.5) is 5.69 Å². The second-order valence-corrected chi connectivity index (χ2v) is 9.10. The number of para-hydroxylation sites is 1. The van der Waals surface area contributed by atoms with Crippen molar-refractivity contribution in [2.45, 2.75) is 39.7 Å². The molecule has 0 fully saturated rings. The monoisotopic (exact) mass is 452 g/mol. The van der Waals surface area contributed by atoms with Crippen LogP contribution in [-0.4, -0.2) is 32.7 Å². The summed E-state index contributed by atoms with van der Waals surface area (Å²) in [6, 6.07) is 17.6. The fraction of sp³-hybridized carbons (Fsp3) is 0.292. The van der Waals surface area contributed by atoms with E-state index in [2.05, 4.69) is 18.8 Å². The van der Waals surface area contributed by atoms with E-state index >= 15 is 0 Å². The largest absolute Gasteiger partial charge is 0.274 e. The number of aryl methyl sites for hydroxylation is 1. The van der Waals surface area contributed by atoms with Crippen molar-refractivity contribution >= 4 is 40.1 Å². The quantitative estimate of drug-likeness (QED) is 0.506. The zero-order valence-electron chi connectivity index (χ0n) is 17.9. The van der Waals surface area contributed by atoms with Crippen molar-refractivity contribution in [3.63, 3.8) is 0 Å². The highest BCUT2D eigenvalue weighted by Crippen LogP contribution is 2.28. The van der Waals surface area contributed by atoms with Gasteiger partial charge < -0.3 is 0 Å². The van der Waals surface area contributed by atoms with Gasteiger partial charge in [-0.3, -0.25) is 14.7 Å². The van der Waals surface area contributed by atoms with Crippen molar-refractivity contribution in [2.75, 3.05) is 10.7 Å². The number of nitrogens with zero attached hydrogens (tertiary/aromatic N) is 4. The van der Waals surface area contributed by atoms with Gasteiger partial charge in [0.1, 0.15) is 0 Å². The van der Waals surface area contributed by atoms with Gasteiger partial charge in [-0.1, -0.05) is 41.6 Å². The van der Waals surface area contributed by atoms with E-state index in [0.717, 1.165) is 39.2 Å². The summed E-state index contributed by atoms with van der Waals surface area (Å²) in [6.07, 6.45) is 1.000. The summed E-state index contributed by atoms with van der Waals surface area (Å²) in [5.41, 5.74) is 4.95. The van der Waals surface area contributed by atoms with Gasteiger partial charge in [-0.05, 0) is 69.2 Å². The summed E-state index contributed by atoms with van der Waals surface area (Å²) in [4.78, 5) is 19.8. The van der Waals surface area contributed by atoms with Crippen LogP contribution in [0.25, 0.3) is 5.69 Å². The summed E-state index contributed by atoms with van der Waals surface area (Å²) >= 11 is 7.68. The van der Waals surface area contributed by atoms with Crippen LogP contribution < -0.4 is 4.90 Å². The third kappa shape index (κ3) is 4.70. The standard InChI is InChI=1S/C24H25ClN4OS/c1-16-15-31-24(26-16)28(20-11-9-19(25)10-12-20)23(30)14-13-22-17(2)27-29(18(22)3)21-7-5-4-6-8-21/h4-12,16H,13-15H2,1-3H3. The molecule has 31 heavy (non-hydrogen) atoms. The van der Waals surface area contributed by atoms with Crippen molar-refractivity contribution < 1.29 is 4.79 Å². The number of halogens is 1. The van der Waals surface area contributed by atoms with Gasteiger partial charge in [0, 0.05) is 22.9 Å². The molecule has 0 N–H and O–H groups in total. The maximum atomic E-state index is 13.4. The number of amides is 1. The van der Waals surface area contributed by atoms with E-state index in [1.54, 1.807) is 28.8 Å². The topological polar surface area (TPSA) is 50.5 Å². The molecule has 0 radical (unpaired) electrons. The Kier molecular flexibility index (Phi) is 6.49. The van der Waals surface area contributed by atoms with Crippen molar-refractivity contribution in [3.05, 3.63) is 76.6 Å². The lowest BCUT2D eigenvalue weighted by Crippen LogP contribution is -2.34. The highest BCUT2D eigenvalue weighted by Gasteiger charge is 2.27. The van der Waals surface area contributed by atoms with Crippen LogP contribution in [0, 0.1) is 13.8 Å². The third-order valence-corrected chi connectivity index (χ3v) is 6.79. The second kappa shape index (κ2) is 9.28. The lowest BCUT2D eigenvalue weighted by Gasteiger charge is -2.22. The number of hydrogen-bond donors (Lipinski definition) is 0. The molecule has 1 atom stereocenters. The lowest BCUT2D eigenvalue weighted by molar-refractivity contribution is -0.117. The van der Waals surface area contributed by atoms with E-state index < -0.39 is 0 Å². The Morgan fingerprint density at radius 2 is 1.87 bits per heavy atom. The Morgan fingerprint density at radius 3 is 2.52 bits per heavy atom. The molecule has 0 saturated heterocycles. The Morgan fingerprint density at radius 1 is 1.16 bits per heavy atom. The first-order valence-corrected chi connectivity index (χ1v) is 11.7. The Hall–Kier alpha value is -2.57. The minimum absolute atomic E-state index is 0.0222. The average molecular weight is 453 g/mol. The molecule has 0 aliphatic carbocycles. The molecule has 2 heterocycles. The molecule has 1 aliphatic rings. The van der Waals surface area contributed by atoms with Gasteiger partial charge in [0.25, 0.3) is 0 Å². The zero-order valence-corrected chi connectivity index (χ0v) is 19.5. The number of benzene rings is 2. The van der Waals surface area contributed by atoms with Crippen molar-refractivity contribution in [3.8, 4) is 5.69 Å². The van der Waals surface area contributed by atoms with Gasteiger partial charge in [0.2, 0.25) is 5.91 Å².